The number of hydrogen-bond donors (Lipinski definition) is 1. The van der Waals surface area contributed by atoms with E-state index in [1.165, 1.54) is 44.3 Å². The highest BCUT2D eigenvalue weighted by Crippen LogP contribution is 2.29. The number of nitro benzene ring substituents is 1. The fourth-order valence-electron chi connectivity index (χ4n) is 2.92. The van der Waals surface area contributed by atoms with Gasteiger partial charge in [0.25, 0.3) is 5.69 Å². The van der Waals surface area contributed by atoms with E-state index in [2.05, 4.69) is 10.3 Å². The number of likely N-dealkylation sites (N-methyl/N-ethyl adjacent to an activating group) is 1. The molecule has 0 radical (unpaired) electrons. The lowest BCUT2D eigenvalue weighted by Crippen LogP contribution is -2.34. The zero-order valence-electron chi connectivity index (χ0n) is 17.9. The van der Waals surface area contributed by atoms with E-state index in [4.69, 9.17) is 0 Å². The van der Waals surface area contributed by atoms with Crippen molar-refractivity contribution in [2.24, 2.45) is 0 Å². The molecule has 12 heteroatoms. The zero-order valence-corrected chi connectivity index (χ0v) is 19.6. The van der Waals surface area contributed by atoms with Gasteiger partial charge in [0.2, 0.25) is 15.9 Å². The third kappa shape index (κ3) is 5.48. The van der Waals surface area contributed by atoms with Gasteiger partial charge in [0.1, 0.15) is 0 Å². The lowest BCUT2D eigenvalue weighted by molar-refractivity contribution is -0.385. The van der Waals surface area contributed by atoms with Crippen LogP contribution in [0, 0.1) is 17.0 Å². The first-order chi connectivity index (χ1) is 15.5. The number of sulfonamides is 1. The fraction of sp³-hybridized carbons (Fsp3) is 0.190. The third-order valence-electron chi connectivity index (χ3n) is 4.79. The number of nitrogens with one attached hydrogen (secondary N) is 1. The lowest BCUT2D eigenvalue weighted by Gasteiger charge is -2.16. The summed E-state index contributed by atoms with van der Waals surface area (Å²) in [4.78, 5) is 38.7. The van der Waals surface area contributed by atoms with Crippen molar-refractivity contribution in [2.45, 2.75) is 18.7 Å². The van der Waals surface area contributed by atoms with Gasteiger partial charge in [0.15, 0.2) is 10.9 Å². The summed E-state index contributed by atoms with van der Waals surface area (Å²) in [5.74, 6) is -0.785. The van der Waals surface area contributed by atoms with Crippen LogP contribution in [0.15, 0.2) is 52.7 Å². The van der Waals surface area contributed by atoms with Crippen LogP contribution >= 0.6 is 11.3 Å². The summed E-state index contributed by atoms with van der Waals surface area (Å²) < 4.78 is 26.3. The molecule has 10 nitrogen and oxygen atoms in total. The molecular weight excluding hydrogens is 468 g/mol. The van der Waals surface area contributed by atoms with Gasteiger partial charge >= 0.3 is 0 Å². The molecule has 0 spiro atoms. The van der Waals surface area contributed by atoms with Crippen LogP contribution in [0.4, 0.5) is 10.8 Å². The first-order valence-corrected chi connectivity index (χ1v) is 11.9. The molecule has 3 rings (SSSR count). The standard InChI is InChI=1S/C21H20N4O6S2/c1-13-4-5-16(10-19(13)25(28)29)18-12-32-21(22-18)23-20(27)11-24(3)33(30,31)17-8-6-15(7-9-17)14(2)26/h4-10,12H,11H2,1-3H3,(H,22,23,27). The Morgan fingerprint density at radius 3 is 2.45 bits per heavy atom. The fourth-order valence-corrected chi connectivity index (χ4v) is 4.78. The van der Waals surface area contributed by atoms with Crippen molar-refractivity contribution in [3.05, 3.63) is 69.1 Å². The molecule has 0 aliphatic carbocycles. The minimum absolute atomic E-state index is 0.0331. The smallest absolute Gasteiger partial charge is 0.272 e. The number of aryl methyl sites for hydroxylation is 1. The number of hydrogen-bond acceptors (Lipinski definition) is 8. The van der Waals surface area contributed by atoms with E-state index in [0.717, 1.165) is 15.6 Å². The Bertz CT molecular complexity index is 1330. The maximum atomic E-state index is 12.7. The van der Waals surface area contributed by atoms with Crippen molar-refractivity contribution in [1.29, 1.82) is 0 Å². The van der Waals surface area contributed by atoms with Gasteiger partial charge in [-0.1, -0.05) is 24.3 Å². The number of amides is 1. The van der Waals surface area contributed by atoms with Gasteiger partial charge in [0.05, 0.1) is 22.1 Å². The van der Waals surface area contributed by atoms with Crippen molar-refractivity contribution in [3.63, 3.8) is 0 Å². The van der Waals surface area contributed by atoms with Crippen molar-refractivity contribution in [1.82, 2.24) is 9.29 Å². The van der Waals surface area contributed by atoms with Crippen LogP contribution in [0.3, 0.4) is 0 Å². The monoisotopic (exact) mass is 488 g/mol. The quantitative estimate of drug-likeness (QED) is 0.291. The van der Waals surface area contributed by atoms with E-state index in [9.17, 15) is 28.1 Å². The molecule has 1 heterocycles. The van der Waals surface area contributed by atoms with Crippen LogP contribution in [-0.4, -0.2) is 47.9 Å². The Hall–Kier alpha value is -3.48. The van der Waals surface area contributed by atoms with Crippen molar-refractivity contribution in [2.75, 3.05) is 18.9 Å². The average Bonchev–Trinajstić information content (AvgIpc) is 3.22. The third-order valence-corrected chi connectivity index (χ3v) is 7.36. The summed E-state index contributed by atoms with van der Waals surface area (Å²) in [6.07, 6.45) is 0. The van der Waals surface area contributed by atoms with Crippen molar-refractivity contribution < 1.29 is 22.9 Å². The van der Waals surface area contributed by atoms with Gasteiger partial charge in [-0.15, -0.1) is 11.3 Å². The molecule has 3 aromatic rings. The Kier molecular flexibility index (Phi) is 7.01. The number of thiazole rings is 1. The Balaban J connectivity index is 1.69. The van der Waals surface area contributed by atoms with E-state index in [1.807, 2.05) is 0 Å². The molecule has 0 unspecified atom stereocenters. The molecule has 0 saturated carbocycles. The van der Waals surface area contributed by atoms with Gasteiger partial charge in [-0.05, 0) is 26.0 Å². The summed E-state index contributed by atoms with van der Waals surface area (Å²) in [6.45, 7) is 2.56. The number of benzene rings is 2. The van der Waals surface area contributed by atoms with Crippen LogP contribution in [0.2, 0.25) is 0 Å². The SMILES string of the molecule is CC(=O)c1ccc(S(=O)(=O)N(C)CC(=O)Nc2nc(-c3ccc(C)c([N+](=O)[O-])c3)cs2)cc1. The number of nitrogens with zero attached hydrogens (tertiary/aromatic N) is 3. The molecule has 1 amide bonds. The van der Waals surface area contributed by atoms with E-state index in [0.29, 0.717) is 22.4 Å². The summed E-state index contributed by atoms with van der Waals surface area (Å²) in [5, 5.41) is 15.6. The number of Topliss-reactive ketones (excluding diaryl/α,β-unsaturated/α-hetero) is 1. The van der Waals surface area contributed by atoms with Crippen LogP contribution in [0.5, 0.6) is 0 Å². The second-order valence-electron chi connectivity index (χ2n) is 7.19. The van der Waals surface area contributed by atoms with Gasteiger partial charge in [-0.3, -0.25) is 19.7 Å². The highest BCUT2D eigenvalue weighted by Gasteiger charge is 2.23. The minimum Gasteiger partial charge on any atom is -0.301 e. The topological polar surface area (TPSA) is 140 Å². The molecule has 2 aromatic carbocycles. The summed E-state index contributed by atoms with van der Waals surface area (Å²) in [6, 6.07) is 10.2. The molecule has 0 bridgehead atoms. The van der Waals surface area contributed by atoms with Crippen LogP contribution in [-0.2, 0) is 14.8 Å². The normalized spacial score (nSPS) is 11.4. The molecule has 1 aromatic heterocycles. The molecule has 0 aliphatic heterocycles. The Labute approximate surface area is 194 Å². The molecule has 1 N–H and O–H groups in total. The number of carbonyl (C=O) groups is 2. The maximum Gasteiger partial charge on any atom is 0.272 e. The zero-order chi connectivity index (χ0) is 24.3. The first kappa shape index (κ1) is 24.2. The second kappa shape index (κ2) is 9.57. The van der Waals surface area contributed by atoms with Crippen LogP contribution in [0.25, 0.3) is 11.3 Å². The molecule has 33 heavy (non-hydrogen) atoms. The number of carbonyl (C=O) groups excluding carboxylic acids is 2. The van der Waals surface area contributed by atoms with Gasteiger partial charge in [-0.25, -0.2) is 13.4 Å². The highest BCUT2D eigenvalue weighted by atomic mass is 32.2. The number of anilines is 1. The Morgan fingerprint density at radius 1 is 1.18 bits per heavy atom. The van der Waals surface area contributed by atoms with Crippen molar-refractivity contribution >= 4 is 43.9 Å². The highest BCUT2D eigenvalue weighted by molar-refractivity contribution is 7.89. The average molecular weight is 489 g/mol. The molecule has 172 valence electrons. The lowest BCUT2D eigenvalue weighted by atomic mass is 10.1. The van der Waals surface area contributed by atoms with Gasteiger partial charge < -0.3 is 5.32 Å². The van der Waals surface area contributed by atoms with E-state index >= 15 is 0 Å². The van der Waals surface area contributed by atoms with E-state index in [1.54, 1.807) is 24.4 Å². The van der Waals surface area contributed by atoms with Crippen LogP contribution in [0.1, 0.15) is 22.8 Å². The van der Waals surface area contributed by atoms with Crippen molar-refractivity contribution in [3.8, 4) is 11.3 Å². The predicted octanol–water partition coefficient (Wildman–Crippen LogP) is 3.49. The molecular formula is C21H20N4O6S2. The molecule has 0 aliphatic rings. The van der Waals surface area contributed by atoms with E-state index in [-0.39, 0.29) is 21.5 Å². The number of rotatable bonds is 8. The number of aromatic nitrogens is 1. The van der Waals surface area contributed by atoms with Crippen LogP contribution < -0.4 is 5.32 Å². The summed E-state index contributed by atoms with van der Waals surface area (Å²) in [7, 11) is -2.67. The number of nitro groups is 1. The van der Waals surface area contributed by atoms with E-state index < -0.39 is 27.4 Å². The maximum absolute atomic E-state index is 12.7. The molecule has 0 atom stereocenters. The minimum atomic E-state index is -3.94. The first-order valence-electron chi connectivity index (χ1n) is 9.57. The summed E-state index contributed by atoms with van der Waals surface area (Å²) >= 11 is 1.11. The number of ketones is 1. The second-order valence-corrected chi connectivity index (χ2v) is 10.1. The van der Waals surface area contributed by atoms with Gasteiger partial charge in [-0.2, -0.15) is 4.31 Å². The predicted molar refractivity (Wildman–Crippen MR) is 124 cm³/mol. The van der Waals surface area contributed by atoms with Gasteiger partial charge in [0, 0.05) is 35.2 Å². The molecule has 0 saturated heterocycles. The summed E-state index contributed by atoms with van der Waals surface area (Å²) in [5.41, 5.74) is 1.84. The Morgan fingerprint density at radius 2 is 1.85 bits per heavy atom. The largest absolute Gasteiger partial charge is 0.301 e. The molecule has 0 fully saturated rings.